The molecule has 1 unspecified atom stereocenters. The van der Waals surface area contributed by atoms with Gasteiger partial charge in [0.15, 0.2) is 0 Å². The number of aryl methyl sites for hydroxylation is 1. The van der Waals surface area contributed by atoms with Gasteiger partial charge in [-0.25, -0.2) is 0 Å². The van der Waals surface area contributed by atoms with Crippen LogP contribution in [0.15, 0.2) is 61.2 Å². The Hall–Kier alpha value is -1.60. The van der Waals surface area contributed by atoms with Crippen molar-refractivity contribution in [3.8, 4) is 0 Å². The summed E-state index contributed by atoms with van der Waals surface area (Å²) in [4.78, 5) is 0. The molecule has 1 aromatic rings. The van der Waals surface area contributed by atoms with Crippen molar-refractivity contribution in [3.63, 3.8) is 0 Å². The van der Waals surface area contributed by atoms with Gasteiger partial charge in [0.2, 0.25) is 0 Å². The van der Waals surface area contributed by atoms with Crippen LogP contribution < -0.4 is 5.73 Å². The largest absolute Gasteiger partial charge is 0.324 e. The fourth-order valence-corrected chi connectivity index (χ4v) is 1.68. The summed E-state index contributed by atoms with van der Waals surface area (Å²) in [7, 11) is 0. The molecule has 0 heterocycles. The first kappa shape index (κ1) is 14.5. The van der Waals surface area contributed by atoms with E-state index in [1.807, 2.05) is 13.0 Å². The van der Waals surface area contributed by atoms with Crippen LogP contribution >= 0.6 is 0 Å². The van der Waals surface area contributed by atoms with Gasteiger partial charge in [0.1, 0.15) is 0 Å². The molecule has 18 heavy (non-hydrogen) atoms. The minimum absolute atomic E-state index is 0.0522. The molecule has 0 radical (unpaired) electrons. The summed E-state index contributed by atoms with van der Waals surface area (Å²) in [6, 6.07) is 8.67. The van der Waals surface area contributed by atoms with Crippen molar-refractivity contribution in [3.05, 3.63) is 72.4 Å². The smallest absolute Gasteiger partial charge is 0.0289 e. The third-order valence-electron chi connectivity index (χ3n) is 3.14. The van der Waals surface area contributed by atoms with Crippen LogP contribution in [-0.2, 0) is 12.8 Å². The maximum atomic E-state index is 5.98. The molecule has 0 amide bonds. The lowest BCUT2D eigenvalue weighted by Crippen LogP contribution is -2.23. The van der Waals surface area contributed by atoms with E-state index in [1.165, 1.54) is 11.1 Å². The normalized spacial score (nSPS) is 11.9. The highest BCUT2D eigenvalue weighted by Crippen LogP contribution is 2.12. The molecule has 0 spiro atoms. The van der Waals surface area contributed by atoms with E-state index in [0.717, 1.165) is 30.4 Å². The topological polar surface area (TPSA) is 26.0 Å². The SMILES string of the molecule is C=CC(=C)CCc1ccc(CC(N)C(=C)C)cc1. The van der Waals surface area contributed by atoms with Crippen molar-refractivity contribution in [2.75, 3.05) is 0 Å². The van der Waals surface area contributed by atoms with Crippen LogP contribution in [0.25, 0.3) is 0 Å². The summed E-state index contributed by atoms with van der Waals surface area (Å²) in [5.41, 5.74) is 10.7. The molecule has 96 valence electrons. The Morgan fingerprint density at radius 2 is 1.78 bits per heavy atom. The highest BCUT2D eigenvalue weighted by atomic mass is 14.6. The average Bonchev–Trinajstić information content (AvgIpc) is 2.37. The molecule has 0 saturated heterocycles. The monoisotopic (exact) mass is 241 g/mol. The van der Waals surface area contributed by atoms with Gasteiger partial charge >= 0.3 is 0 Å². The van der Waals surface area contributed by atoms with Gasteiger partial charge in [0.25, 0.3) is 0 Å². The lowest BCUT2D eigenvalue weighted by molar-refractivity contribution is 0.766. The van der Waals surface area contributed by atoms with Crippen LogP contribution in [0.3, 0.4) is 0 Å². The van der Waals surface area contributed by atoms with Gasteiger partial charge in [-0.3, -0.25) is 0 Å². The van der Waals surface area contributed by atoms with Gasteiger partial charge in [-0.05, 0) is 37.3 Å². The molecule has 0 aliphatic carbocycles. The van der Waals surface area contributed by atoms with Gasteiger partial charge in [0, 0.05) is 6.04 Å². The van der Waals surface area contributed by atoms with E-state index < -0.39 is 0 Å². The number of hydrogen-bond donors (Lipinski definition) is 1. The lowest BCUT2D eigenvalue weighted by Gasteiger charge is -2.11. The van der Waals surface area contributed by atoms with Crippen LogP contribution in [-0.4, -0.2) is 6.04 Å². The van der Waals surface area contributed by atoms with Gasteiger partial charge in [0.05, 0.1) is 0 Å². The molecule has 1 atom stereocenters. The maximum absolute atomic E-state index is 5.98. The Morgan fingerprint density at radius 3 is 2.28 bits per heavy atom. The first-order valence-electron chi connectivity index (χ1n) is 6.32. The number of benzene rings is 1. The van der Waals surface area contributed by atoms with E-state index in [-0.39, 0.29) is 6.04 Å². The fraction of sp³-hybridized carbons (Fsp3) is 0.294. The van der Waals surface area contributed by atoms with E-state index >= 15 is 0 Å². The van der Waals surface area contributed by atoms with Gasteiger partial charge in [-0.2, -0.15) is 0 Å². The van der Waals surface area contributed by atoms with E-state index in [0.29, 0.717) is 0 Å². The zero-order valence-electron chi connectivity index (χ0n) is 11.3. The Balaban J connectivity index is 2.54. The fourth-order valence-electron chi connectivity index (χ4n) is 1.68. The second kappa shape index (κ2) is 6.97. The molecule has 0 saturated carbocycles. The van der Waals surface area contributed by atoms with E-state index in [2.05, 4.69) is 44.0 Å². The summed E-state index contributed by atoms with van der Waals surface area (Å²) in [6.07, 6.45) is 4.65. The number of rotatable bonds is 7. The van der Waals surface area contributed by atoms with E-state index in [1.54, 1.807) is 0 Å². The van der Waals surface area contributed by atoms with Crippen molar-refractivity contribution in [2.45, 2.75) is 32.2 Å². The van der Waals surface area contributed by atoms with Gasteiger partial charge in [-0.1, -0.05) is 61.2 Å². The Kier molecular flexibility index (Phi) is 5.60. The summed E-state index contributed by atoms with van der Waals surface area (Å²) < 4.78 is 0. The molecule has 1 heteroatoms. The predicted molar refractivity (Wildman–Crippen MR) is 80.6 cm³/mol. The Labute approximate surface area is 111 Å². The van der Waals surface area contributed by atoms with E-state index in [9.17, 15) is 0 Å². The molecule has 0 bridgehead atoms. The molecule has 0 fully saturated rings. The molecule has 1 nitrogen and oxygen atoms in total. The van der Waals surface area contributed by atoms with Gasteiger partial charge < -0.3 is 5.73 Å². The number of hydrogen-bond acceptors (Lipinski definition) is 1. The van der Waals surface area contributed by atoms with Crippen LogP contribution in [0, 0.1) is 0 Å². The minimum atomic E-state index is 0.0522. The quantitative estimate of drug-likeness (QED) is 0.570. The molecular weight excluding hydrogens is 218 g/mol. The van der Waals surface area contributed by atoms with Crippen molar-refractivity contribution in [1.29, 1.82) is 0 Å². The zero-order valence-corrected chi connectivity index (χ0v) is 11.3. The maximum Gasteiger partial charge on any atom is 0.0289 e. The van der Waals surface area contributed by atoms with Crippen molar-refractivity contribution >= 4 is 0 Å². The van der Waals surface area contributed by atoms with Crippen molar-refractivity contribution in [1.82, 2.24) is 0 Å². The minimum Gasteiger partial charge on any atom is -0.324 e. The molecular formula is C17H23N. The van der Waals surface area contributed by atoms with Crippen LogP contribution in [0.2, 0.25) is 0 Å². The van der Waals surface area contributed by atoms with Crippen LogP contribution in [0.1, 0.15) is 24.5 Å². The highest BCUT2D eigenvalue weighted by Gasteiger charge is 2.04. The Morgan fingerprint density at radius 1 is 1.22 bits per heavy atom. The first-order valence-corrected chi connectivity index (χ1v) is 6.32. The molecule has 0 aliphatic heterocycles. The second-order valence-corrected chi connectivity index (χ2v) is 4.84. The first-order chi connectivity index (χ1) is 8.52. The summed E-state index contributed by atoms with van der Waals surface area (Å²) in [5.74, 6) is 0. The number of nitrogens with two attached hydrogens (primary N) is 1. The predicted octanol–water partition coefficient (Wildman–Crippen LogP) is 3.81. The number of allylic oxidation sites excluding steroid dienone is 2. The van der Waals surface area contributed by atoms with Gasteiger partial charge in [-0.15, -0.1) is 0 Å². The molecule has 1 aromatic carbocycles. The van der Waals surface area contributed by atoms with Crippen LogP contribution in [0.4, 0.5) is 0 Å². The molecule has 2 N–H and O–H groups in total. The van der Waals surface area contributed by atoms with E-state index in [4.69, 9.17) is 5.73 Å². The summed E-state index contributed by atoms with van der Waals surface area (Å²) in [5, 5.41) is 0. The molecule has 1 rings (SSSR count). The molecule has 0 aliphatic rings. The van der Waals surface area contributed by atoms with Crippen molar-refractivity contribution < 1.29 is 0 Å². The van der Waals surface area contributed by atoms with Crippen LogP contribution in [0.5, 0.6) is 0 Å². The summed E-state index contributed by atoms with van der Waals surface area (Å²) in [6.45, 7) is 13.5. The summed E-state index contributed by atoms with van der Waals surface area (Å²) >= 11 is 0. The average molecular weight is 241 g/mol. The highest BCUT2D eigenvalue weighted by molar-refractivity contribution is 5.26. The standard InChI is InChI=1S/C17H23N/c1-5-14(4)6-7-15-8-10-16(11-9-15)12-17(18)13(2)3/h5,8-11,17H,1-2,4,6-7,12,18H2,3H3. The second-order valence-electron chi connectivity index (χ2n) is 4.84. The zero-order chi connectivity index (χ0) is 13.5. The third kappa shape index (κ3) is 4.72. The Bertz CT molecular complexity index is 425. The lowest BCUT2D eigenvalue weighted by atomic mass is 9.99. The third-order valence-corrected chi connectivity index (χ3v) is 3.14. The molecule has 0 aromatic heterocycles. The van der Waals surface area contributed by atoms with Crippen molar-refractivity contribution in [2.24, 2.45) is 5.73 Å².